The average Bonchev–Trinajstić information content (AvgIpc) is 2.77. The molecule has 2 aromatic rings. The number of benzene rings is 1. The summed E-state index contributed by atoms with van der Waals surface area (Å²) < 4.78 is 37.7. The number of likely N-dealkylation sites (N-methyl/N-ethyl adjacent to an activating group) is 1. The monoisotopic (exact) mass is 481 g/mol. The number of amides is 1. The summed E-state index contributed by atoms with van der Waals surface area (Å²) in [5, 5.41) is 0. The van der Waals surface area contributed by atoms with Crippen LogP contribution in [0.1, 0.15) is 19.3 Å². The van der Waals surface area contributed by atoms with Gasteiger partial charge < -0.3 is 13.8 Å². The van der Waals surface area contributed by atoms with Crippen molar-refractivity contribution in [1.82, 2.24) is 4.98 Å². The summed E-state index contributed by atoms with van der Waals surface area (Å²) in [5.74, 6) is 0.652. The molecular formula is C21H27N3O6S2. The lowest BCUT2D eigenvalue weighted by Crippen LogP contribution is -2.50. The van der Waals surface area contributed by atoms with E-state index in [1.165, 1.54) is 32.4 Å². The lowest BCUT2D eigenvalue weighted by Gasteiger charge is -2.37. The summed E-state index contributed by atoms with van der Waals surface area (Å²) in [7, 11) is -1.34. The van der Waals surface area contributed by atoms with E-state index in [2.05, 4.69) is 16.2 Å². The molecule has 1 fully saturated rings. The van der Waals surface area contributed by atoms with E-state index < -0.39 is 10.4 Å². The molecule has 0 saturated carbocycles. The molecule has 0 atom stereocenters. The number of nitrogens with zero attached hydrogens (tertiary/aromatic N) is 3. The quantitative estimate of drug-likeness (QED) is 0.371. The number of pyridine rings is 1. The fraction of sp³-hybridized carbons (Fsp3) is 0.429. The average molecular weight is 482 g/mol. The molecule has 0 unspecified atom stereocenters. The number of hydrogen-bond acceptors (Lipinski definition) is 8. The van der Waals surface area contributed by atoms with E-state index in [9.17, 15) is 17.8 Å². The highest BCUT2D eigenvalue weighted by Crippen LogP contribution is 2.47. The number of piperidine rings is 1. The van der Waals surface area contributed by atoms with E-state index in [1.54, 1.807) is 22.9 Å². The Kier molecular flexibility index (Phi) is 8.12. The van der Waals surface area contributed by atoms with Gasteiger partial charge in [0.1, 0.15) is 13.2 Å². The molecule has 174 valence electrons. The molecule has 1 saturated heterocycles. The van der Waals surface area contributed by atoms with E-state index in [4.69, 9.17) is 4.74 Å². The smallest absolute Gasteiger partial charge is 0.420 e. The molecule has 0 N–H and O–H groups in total. The summed E-state index contributed by atoms with van der Waals surface area (Å²) in [6.45, 7) is 3.64. The molecule has 1 aromatic carbocycles. The number of carbonyl (C=O) groups is 1. The van der Waals surface area contributed by atoms with Crippen LogP contribution in [0.4, 0.5) is 16.3 Å². The van der Waals surface area contributed by atoms with Gasteiger partial charge in [0, 0.05) is 11.1 Å². The van der Waals surface area contributed by atoms with Gasteiger partial charge in [0.25, 0.3) is 0 Å². The Balaban J connectivity index is 0.000000427. The lowest BCUT2D eigenvalue weighted by molar-refractivity contribution is -0.914. The molecule has 1 aromatic heterocycles. The third-order valence-corrected chi connectivity index (χ3v) is 6.94. The number of para-hydroxylation sites is 1. The largest absolute Gasteiger partial charge is 0.726 e. The van der Waals surface area contributed by atoms with Crippen LogP contribution in [-0.4, -0.2) is 68.9 Å². The van der Waals surface area contributed by atoms with Gasteiger partial charge in [-0.15, -0.1) is 0 Å². The maximum atomic E-state index is 12.9. The van der Waals surface area contributed by atoms with Gasteiger partial charge in [-0.25, -0.2) is 23.1 Å². The number of rotatable bonds is 4. The third kappa shape index (κ3) is 6.42. The molecule has 2 aliphatic rings. The molecular weight excluding hydrogens is 454 g/mol. The van der Waals surface area contributed by atoms with Crippen LogP contribution in [0.15, 0.2) is 52.4 Å². The predicted molar refractivity (Wildman–Crippen MR) is 120 cm³/mol. The molecule has 32 heavy (non-hydrogen) atoms. The normalized spacial score (nSPS) is 16.8. The Morgan fingerprint density at radius 3 is 2.50 bits per heavy atom. The third-order valence-electron chi connectivity index (χ3n) is 5.43. The minimum absolute atomic E-state index is 0.346. The molecule has 1 amide bonds. The van der Waals surface area contributed by atoms with Crippen molar-refractivity contribution >= 4 is 39.8 Å². The van der Waals surface area contributed by atoms with Gasteiger partial charge in [-0.2, -0.15) is 0 Å². The van der Waals surface area contributed by atoms with Crippen molar-refractivity contribution in [2.75, 3.05) is 45.3 Å². The van der Waals surface area contributed by atoms with Gasteiger partial charge in [0.05, 0.1) is 37.8 Å². The number of anilines is 2. The van der Waals surface area contributed by atoms with Crippen molar-refractivity contribution < 1.29 is 31.2 Å². The number of likely N-dealkylation sites (tertiary alicyclic amines) is 1. The van der Waals surface area contributed by atoms with Gasteiger partial charge in [0.15, 0.2) is 5.82 Å². The van der Waals surface area contributed by atoms with Crippen LogP contribution in [-0.2, 0) is 19.3 Å². The first-order chi connectivity index (χ1) is 15.2. The number of carbonyl (C=O) groups excluding carboxylic acids is 1. The zero-order valence-corrected chi connectivity index (χ0v) is 19.7. The minimum Gasteiger partial charge on any atom is -0.726 e. The Labute approximate surface area is 192 Å². The van der Waals surface area contributed by atoms with E-state index in [-0.39, 0.29) is 6.09 Å². The van der Waals surface area contributed by atoms with E-state index in [0.29, 0.717) is 12.4 Å². The number of hydrogen-bond donors (Lipinski definition) is 0. The van der Waals surface area contributed by atoms with E-state index in [1.807, 2.05) is 36.4 Å². The Morgan fingerprint density at radius 1 is 1.16 bits per heavy atom. The van der Waals surface area contributed by atoms with Crippen molar-refractivity contribution in [1.29, 1.82) is 0 Å². The first-order valence-electron chi connectivity index (χ1n) is 10.3. The zero-order chi connectivity index (χ0) is 23.2. The first-order valence-corrected chi connectivity index (χ1v) is 12.4. The van der Waals surface area contributed by atoms with Crippen molar-refractivity contribution in [2.45, 2.75) is 29.1 Å². The first kappa shape index (κ1) is 24.5. The highest BCUT2D eigenvalue weighted by molar-refractivity contribution is 7.99. The van der Waals surface area contributed by atoms with Gasteiger partial charge in [-0.1, -0.05) is 23.9 Å². The molecule has 0 spiro atoms. The highest BCUT2D eigenvalue weighted by Gasteiger charge is 2.31. The molecule has 11 heteroatoms. The second kappa shape index (κ2) is 10.6. The maximum absolute atomic E-state index is 12.9. The summed E-state index contributed by atoms with van der Waals surface area (Å²) in [5.41, 5.74) is 0.840. The van der Waals surface area contributed by atoms with Gasteiger partial charge in [-0.05, 0) is 43.5 Å². The summed E-state index contributed by atoms with van der Waals surface area (Å²) in [6, 6.07) is 11.8. The van der Waals surface area contributed by atoms with Gasteiger partial charge >= 0.3 is 6.09 Å². The van der Waals surface area contributed by atoms with Crippen LogP contribution in [0.5, 0.6) is 0 Å². The molecule has 4 rings (SSSR count). The van der Waals surface area contributed by atoms with Gasteiger partial charge in [-0.3, -0.25) is 4.18 Å². The Bertz CT molecular complexity index is 996. The van der Waals surface area contributed by atoms with Crippen LogP contribution in [0, 0.1) is 0 Å². The predicted octanol–water partition coefficient (Wildman–Crippen LogP) is 3.54. The fourth-order valence-electron chi connectivity index (χ4n) is 3.69. The highest BCUT2D eigenvalue weighted by atomic mass is 32.3. The maximum Gasteiger partial charge on any atom is 0.420 e. The number of aromatic nitrogens is 1. The standard InChI is InChI=1S/C20H24N3O2S.CH4O4S/c1-23(12-5-2-6-13-23)14-15-25-20(24)22-16-8-3-4-9-17(16)26-18-10-7-11-21-19(18)22;1-5-6(2,3)4/h3-4,7-11H,2,5-6,12-15H2,1H3;1H3,(H,2,3,4)/q+1;/p-1. The molecule has 0 aliphatic carbocycles. The van der Waals surface area contributed by atoms with Crippen LogP contribution >= 0.6 is 11.8 Å². The summed E-state index contributed by atoms with van der Waals surface area (Å²) in [4.78, 5) is 21.0. The zero-order valence-electron chi connectivity index (χ0n) is 18.1. The van der Waals surface area contributed by atoms with Crippen molar-refractivity contribution in [2.24, 2.45) is 0 Å². The topological polar surface area (TPSA) is 109 Å². The Morgan fingerprint density at radius 2 is 1.81 bits per heavy atom. The van der Waals surface area contributed by atoms with E-state index in [0.717, 1.165) is 33.6 Å². The lowest BCUT2D eigenvalue weighted by atomic mass is 10.1. The number of quaternary nitrogens is 1. The van der Waals surface area contributed by atoms with E-state index >= 15 is 0 Å². The van der Waals surface area contributed by atoms with Crippen molar-refractivity contribution in [3.63, 3.8) is 0 Å². The second-order valence-electron chi connectivity index (χ2n) is 7.77. The van der Waals surface area contributed by atoms with Crippen LogP contribution < -0.4 is 4.90 Å². The molecule has 0 bridgehead atoms. The second-order valence-corrected chi connectivity index (χ2v) is 10.0. The minimum atomic E-state index is -4.41. The Hall–Kier alpha value is -2.18. The van der Waals surface area contributed by atoms with Crippen LogP contribution in [0.2, 0.25) is 0 Å². The van der Waals surface area contributed by atoms with Crippen LogP contribution in [0.25, 0.3) is 0 Å². The SMILES string of the molecule is COS(=O)(=O)[O-].C[N+]1(CCOC(=O)N2c3ccccc3Sc3cccnc32)CCCCC1. The summed E-state index contributed by atoms with van der Waals surface area (Å²) >= 11 is 1.63. The molecule has 9 nitrogen and oxygen atoms in total. The van der Waals surface area contributed by atoms with Crippen LogP contribution in [0.3, 0.4) is 0 Å². The van der Waals surface area contributed by atoms with Crippen molar-refractivity contribution in [3.8, 4) is 0 Å². The molecule has 0 radical (unpaired) electrons. The fourth-order valence-corrected chi connectivity index (χ4v) is 4.72. The van der Waals surface area contributed by atoms with Gasteiger partial charge in [0.2, 0.25) is 10.4 Å². The van der Waals surface area contributed by atoms with Crippen molar-refractivity contribution in [3.05, 3.63) is 42.6 Å². The molecule has 2 aliphatic heterocycles. The number of ether oxygens (including phenoxy) is 1. The number of fused-ring (bicyclic) bond motifs is 2. The summed E-state index contributed by atoms with van der Waals surface area (Å²) in [6.07, 6.45) is 5.21. The molecule has 3 heterocycles.